The second kappa shape index (κ2) is 8.74. The van der Waals surface area contributed by atoms with Crippen LogP contribution in [-0.4, -0.2) is 21.6 Å². The lowest BCUT2D eigenvalue weighted by Crippen LogP contribution is -2.24. The van der Waals surface area contributed by atoms with Crippen LogP contribution in [0.15, 0.2) is 40.3 Å². The van der Waals surface area contributed by atoms with Crippen LogP contribution >= 0.6 is 23.4 Å². The van der Waals surface area contributed by atoms with Crippen molar-refractivity contribution in [3.8, 4) is 0 Å². The molecule has 7 heteroatoms. The van der Waals surface area contributed by atoms with Crippen LogP contribution in [0.5, 0.6) is 0 Å². The molecule has 5 nitrogen and oxygen atoms in total. The fraction of sp³-hybridized carbons (Fsp3) is 0.312. The molecule has 122 valence electrons. The number of hydrogen-bond donors (Lipinski definition) is 2. The Labute approximate surface area is 143 Å². The first-order valence-corrected chi connectivity index (χ1v) is 8.67. The molecule has 0 saturated heterocycles. The molecular formula is C16H18ClN3O2S. The number of aromatic amines is 1. The first kappa shape index (κ1) is 17.6. The fourth-order valence-electron chi connectivity index (χ4n) is 1.92. The second-order valence-corrected chi connectivity index (χ2v) is 6.38. The molecule has 1 amide bonds. The van der Waals surface area contributed by atoms with Gasteiger partial charge in [0.1, 0.15) is 0 Å². The van der Waals surface area contributed by atoms with E-state index in [0.29, 0.717) is 16.7 Å². The van der Waals surface area contributed by atoms with E-state index in [9.17, 15) is 9.59 Å². The Morgan fingerprint density at radius 2 is 2.09 bits per heavy atom. The Hall–Kier alpha value is -1.79. The number of carbonyl (C=O) groups excluding carboxylic acids is 1. The summed E-state index contributed by atoms with van der Waals surface area (Å²) in [6.07, 6.45) is 1.67. The van der Waals surface area contributed by atoms with Crippen molar-refractivity contribution < 1.29 is 4.79 Å². The zero-order valence-corrected chi connectivity index (χ0v) is 14.3. The number of thioether (sulfide) groups is 1. The van der Waals surface area contributed by atoms with Gasteiger partial charge in [0.15, 0.2) is 5.16 Å². The topological polar surface area (TPSA) is 74.8 Å². The molecule has 0 aliphatic heterocycles. The van der Waals surface area contributed by atoms with Gasteiger partial charge in [-0.2, -0.15) is 0 Å². The Kier molecular flexibility index (Phi) is 6.67. The van der Waals surface area contributed by atoms with Crippen molar-refractivity contribution in [1.82, 2.24) is 15.3 Å². The van der Waals surface area contributed by atoms with Gasteiger partial charge in [0, 0.05) is 23.3 Å². The van der Waals surface area contributed by atoms with Crippen molar-refractivity contribution in [3.05, 3.63) is 57.0 Å². The third-order valence-corrected chi connectivity index (χ3v) is 4.15. The van der Waals surface area contributed by atoms with Crippen LogP contribution in [0.1, 0.15) is 24.6 Å². The molecule has 2 N–H and O–H groups in total. The van der Waals surface area contributed by atoms with Crippen LogP contribution < -0.4 is 10.9 Å². The third-order valence-electron chi connectivity index (χ3n) is 3.02. The SMILES string of the molecule is CCCc1cc(=O)[nH]c(SCC(=O)NCc2ccc(Cl)cc2)n1. The van der Waals surface area contributed by atoms with E-state index < -0.39 is 0 Å². The Bertz CT molecular complexity index is 716. The molecular weight excluding hydrogens is 334 g/mol. The third kappa shape index (κ3) is 6.08. The molecule has 2 aromatic rings. The summed E-state index contributed by atoms with van der Waals surface area (Å²) in [6, 6.07) is 8.79. The molecule has 0 fully saturated rings. The van der Waals surface area contributed by atoms with Crippen molar-refractivity contribution in [1.29, 1.82) is 0 Å². The average molecular weight is 352 g/mol. The van der Waals surface area contributed by atoms with E-state index in [1.54, 1.807) is 12.1 Å². The number of aromatic nitrogens is 2. The van der Waals surface area contributed by atoms with Crippen molar-refractivity contribution in [3.63, 3.8) is 0 Å². The molecule has 0 aliphatic carbocycles. The molecule has 0 bridgehead atoms. The molecule has 23 heavy (non-hydrogen) atoms. The number of hydrogen-bond acceptors (Lipinski definition) is 4. The molecule has 0 atom stereocenters. The molecule has 1 heterocycles. The summed E-state index contributed by atoms with van der Waals surface area (Å²) in [7, 11) is 0. The second-order valence-electron chi connectivity index (χ2n) is 4.98. The van der Waals surface area contributed by atoms with Gasteiger partial charge in [-0.3, -0.25) is 9.59 Å². The number of benzene rings is 1. The van der Waals surface area contributed by atoms with Crippen LogP contribution in [0.3, 0.4) is 0 Å². The van der Waals surface area contributed by atoms with E-state index in [1.165, 1.54) is 17.8 Å². The summed E-state index contributed by atoms with van der Waals surface area (Å²) >= 11 is 7.03. The van der Waals surface area contributed by atoms with Crippen molar-refractivity contribution >= 4 is 29.3 Å². The standard InChI is InChI=1S/C16H18ClN3O2S/c1-2-3-13-8-14(21)20-16(19-13)23-10-15(22)18-9-11-4-6-12(17)7-5-11/h4-8H,2-3,9-10H2,1H3,(H,18,22)(H,19,20,21). The smallest absolute Gasteiger partial charge is 0.251 e. The average Bonchev–Trinajstić information content (AvgIpc) is 2.52. The number of aryl methyl sites for hydroxylation is 1. The van der Waals surface area contributed by atoms with Gasteiger partial charge in [-0.15, -0.1) is 0 Å². The van der Waals surface area contributed by atoms with Crippen molar-refractivity contribution in [2.24, 2.45) is 0 Å². The Balaban J connectivity index is 1.84. The number of nitrogens with zero attached hydrogens (tertiary/aromatic N) is 1. The van der Waals surface area contributed by atoms with Gasteiger partial charge in [0.05, 0.1) is 5.75 Å². The molecule has 0 aliphatic rings. The fourth-order valence-corrected chi connectivity index (χ4v) is 2.77. The minimum atomic E-state index is -0.187. The van der Waals surface area contributed by atoms with Crippen LogP contribution in [0.4, 0.5) is 0 Å². The van der Waals surface area contributed by atoms with E-state index >= 15 is 0 Å². The highest BCUT2D eigenvalue weighted by molar-refractivity contribution is 7.99. The Morgan fingerprint density at radius 1 is 1.35 bits per heavy atom. The van der Waals surface area contributed by atoms with Crippen LogP contribution in [0.2, 0.25) is 5.02 Å². The van der Waals surface area contributed by atoms with E-state index in [0.717, 1.165) is 24.1 Å². The maximum Gasteiger partial charge on any atom is 0.251 e. The summed E-state index contributed by atoms with van der Waals surface area (Å²) in [4.78, 5) is 30.4. The minimum absolute atomic E-state index is 0.117. The highest BCUT2D eigenvalue weighted by atomic mass is 35.5. The summed E-state index contributed by atoms with van der Waals surface area (Å²) in [6.45, 7) is 2.47. The van der Waals surface area contributed by atoms with Gasteiger partial charge < -0.3 is 10.3 Å². The maximum atomic E-state index is 11.9. The van der Waals surface area contributed by atoms with Crippen LogP contribution in [0, 0.1) is 0 Å². The predicted octanol–water partition coefficient (Wildman–Crippen LogP) is 2.78. The van der Waals surface area contributed by atoms with Crippen molar-refractivity contribution in [2.75, 3.05) is 5.75 Å². The van der Waals surface area contributed by atoms with Crippen LogP contribution in [-0.2, 0) is 17.8 Å². The lowest BCUT2D eigenvalue weighted by Gasteiger charge is -2.06. The molecule has 0 radical (unpaired) electrons. The summed E-state index contributed by atoms with van der Waals surface area (Å²) in [5, 5.41) is 3.96. The zero-order valence-electron chi connectivity index (χ0n) is 12.8. The van der Waals surface area contributed by atoms with E-state index in [-0.39, 0.29) is 17.2 Å². The quantitative estimate of drug-likeness (QED) is 0.594. The lowest BCUT2D eigenvalue weighted by molar-refractivity contribution is -0.118. The van der Waals surface area contributed by atoms with E-state index in [1.807, 2.05) is 19.1 Å². The van der Waals surface area contributed by atoms with E-state index in [2.05, 4.69) is 15.3 Å². The number of amides is 1. The van der Waals surface area contributed by atoms with Crippen molar-refractivity contribution in [2.45, 2.75) is 31.5 Å². The van der Waals surface area contributed by atoms with Gasteiger partial charge in [0.25, 0.3) is 5.56 Å². The monoisotopic (exact) mass is 351 g/mol. The molecule has 2 rings (SSSR count). The molecule has 0 saturated carbocycles. The number of H-pyrrole nitrogens is 1. The van der Waals surface area contributed by atoms with E-state index in [4.69, 9.17) is 11.6 Å². The molecule has 1 aromatic heterocycles. The van der Waals surface area contributed by atoms with Gasteiger partial charge in [0.2, 0.25) is 5.91 Å². The Morgan fingerprint density at radius 3 is 2.78 bits per heavy atom. The number of carbonyl (C=O) groups is 1. The first-order chi connectivity index (χ1) is 11.1. The molecule has 0 unspecified atom stereocenters. The normalized spacial score (nSPS) is 10.5. The van der Waals surface area contributed by atoms with Gasteiger partial charge in [-0.1, -0.05) is 48.8 Å². The van der Waals surface area contributed by atoms with Gasteiger partial charge in [-0.05, 0) is 24.1 Å². The minimum Gasteiger partial charge on any atom is -0.351 e. The summed E-state index contributed by atoms with van der Waals surface area (Å²) in [5.74, 6) is 0.0834. The lowest BCUT2D eigenvalue weighted by atomic mass is 10.2. The number of rotatable bonds is 7. The number of halogens is 1. The largest absolute Gasteiger partial charge is 0.351 e. The maximum absolute atomic E-state index is 11.9. The highest BCUT2D eigenvalue weighted by Crippen LogP contribution is 2.12. The zero-order chi connectivity index (χ0) is 16.7. The summed E-state index contributed by atoms with van der Waals surface area (Å²) < 4.78 is 0. The van der Waals surface area contributed by atoms with Crippen LogP contribution in [0.25, 0.3) is 0 Å². The number of nitrogens with one attached hydrogen (secondary N) is 2. The predicted molar refractivity (Wildman–Crippen MR) is 92.9 cm³/mol. The van der Waals surface area contributed by atoms with Gasteiger partial charge >= 0.3 is 0 Å². The summed E-state index contributed by atoms with van der Waals surface area (Å²) in [5.41, 5.74) is 1.54. The van der Waals surface area contributed by atoms with Gasteiger partial charge in [-0.25, -0.2) is 4.98 Å². The highest BCUT2D eigenvalue weighted by Gasteiger charge is 2.06. The molecule has 1 aromatic carbocycles. The molecule has 0 spiro atoms. The first-order valence-electron chi connectivity index (χ1n) is 7.31.